The van der Waals surface area contributed by atoms with Gasteiger partial charge in [-0.2, -0.15) is 13.2 Å². The van der Waals surface area contributed by atoms with Gasteiger partial charge in [0.1, 0.15) is 0 Å². The maximum absolute atomic E-state index is 12.7. The highest BCUT2D eigenvalue weighted by Crippen LogP contribution is 2.30. The molecule has 0 radical (unpaired) electrons. The molecule has 2 aromatic rings. The summed E-state index contributed by atoms with van der Waals surface area (Å²) in [4.78, 5) is 13.5. The zero-order valence-electron chi connectivity index (χ0n) is 13.1. The molecule has 25 heavy (non-hydrogen) atoms. The van der Waals surface area contributed by atoms with Crippen LogP contribution in [-0.4, -0.2) is 30.1 Å². The third-order valence-corrected chi connectivity index (χ3v) is 5.34. The quantitative estimate of drug-likeness (QED) is 0.707. The van der Waals surface area contributed by atoms with Crippen LogP contribution in [0.4, 0.5) is 13.2 Å². The summed E-state index contributed by atoms with van der Waals surface area (Å²) in [6.07, 6.45) is -0.268. The summed E-state index contributed by atoms with van der Waals surface area (Å²) in [5.41, 5.74) is 2.67. The number of nitrogens with zero attached hydrogens (tertiary/aromatic N) is 1. The van der Waals surface area contributed by atoms with Crippen molar-refractivity contribution in [1.82, 2.24) is 4.90 Å². The lowest BCUT2D eigenvalue weighted by atomic mass is 9.96. The Balaban J connectivity index is 1.88. The number of thiophene rings is 1. The molecular weight excluding hydrogens is 371 g/mol. The summed E-state index contributed by atoms with van der Waals surface area (Å²) < 4.78 is 38.1. The highest BCUT2D eigenvalue weighted by Gasteiger charge is 2.42. The van der Waals surface area contributed by atoms with Crippen LogP contribution < -0.4 is 0 Å². The summed E-state index contributed by atoms with van der Waals surface area (Å²) in [7, 11) is 0. The molecule has 2 heterocycles. The Morgan fingerprint density at radius 1 is 1.16 bits per heavy atom. The molecule has 1 aliphatic rings. The molecule has 0 bridgehead atoms. The Bertz CT molecular complexity index is 799. The van der Waals surface area contributed by atoms with Crippen LogP contribution in [0.15, 0.2) is 29.6 Å². The van der Waals surface area contributed by atoms with E-state index in [0.717, 1.165) is 26.5 Å². The fourth-order valence-corrected chi connectivity index (χ4v) is 3.80. The Morgan fingerprint density at radius 2 is 1.92 bits per heavy atom. The highest BCUT2D eigenvalue weighted by atomic mass is 35.5. The molecule has 0 N–H and O–H groups in total. The van der Waals surface area contributed by atoms with Crippen molar-refractivity contribution in [3.63, 3.8) is 0 Å². The van der Waals surface area contributed by atoms with Gasteiger partial charge in [-0.1, -0.05) is 29.8 Å². The zero-order valence-corrected chi connectivity index (χ0v) is 14.7. The topological polar surface area (TPSA) is 20.3 Å². The van der Waals surface area contributed by atoms with Crippen molar-refractivity contribution in [1.29, 1.82) is 0 Å². The minimum atomic E-state index is -4.84. The van der Waals surface area contributed by atoms with E-state index in [2.05, 4.69) is 0 Å². The zero-order chi connectivity index (χ0) is 18.0. The number of carbonyl (C=O) groups is 1. The molecule has 2 nitrogen and oxygen atoms in total. The van der Waals surface area contributed by atoms with Crippen LogP contribution in [0, 0.1) is 0 Å². The first-order chi connectivity index (χ1) is 11.9. The van der Waals surface area contributed by atoms with Crippen molar-refractivity contribution in [2.24, 2.45) is 0 Å². The molecule has 1 aliphatic heterocycles. The average Bonchev–Trinajstić information content (AvgIpc) is 2.98. The van der Waals surface area contributed by atoms with Gasteiger partial charge in [0.15, 0.2) is 0 Å². The van der Waals surface area contributed by atoms with Crippen LogP contribution in [0.2, 0.25) is 5.02 Å². The van der Waals surface area contributed by atoms with Crippen molar-refractivity contribution in [3.8, 4) is 0 Å². The molecule has 1 amide bonds. The molecule has 0 spiro atoms. The lowest BCUT2D eigenvalue weighted by Gasteiger charge is -2.21. The number of carbonyl (C=O) groups excluding carboxylic acids is 1. The van der Waals surface area contributed by atoms with E-state index in [0.29, 0.717) is 17.9 Å². The van der Waals surface area contributed by atoms with Crippen LogP contribution in [0.5, 0.6) is 0 Å². The predicted molar refractivity (Wildman–Crippen MR) is 94.7 cm³/mol. The normalized spacial score (nSPS) is 15.3. The van der Waals surface area contributed by atoms with Gasteiger partial charge < -0.3 is 4.90 Å². The SMILES string of the molecule is O=C(N1CCc2ccc(Cl)c(C=Cc3cccs3)c2CC1)C(F)(F)F. The van der Waals surface area contributed by atoms with Gasteiger partial charge in [0, 0.05) is 23.0 Å². The molecule has 1 aromatic heterocycles. The van der Waals surface area contributed by atoms with Crippen molar-refractivity contribution in [2.45, 2.75) is 19.0 Å². The number of rotatable bonds is 2. The van der Waals surface area contributed by atoms with Crippen molar-refractivity contribution in [3.05, 3.63) is 56.2 Å². The second-order valence-electron chi connectivity index (χ2n) is 5.74. The maximum Gasteiger partial charge on any atom is 0.471 e. The second kappa shape index (κ2) is 7.22. The van der Waals surface area contributed by atoms with Gasteiger partial charge in [0.25, 0.3) is 0 Å². The summed E-state index contributed by atoms with van der Waals surface area (Å²) in [5.74, 6) is -1.78. The van der Waals surface area contributed by atoms with Gasteiger partial charge in [-0.15, -0.1) is 11.3 Å². The van der Waals surface area contributed by atoms with E-state index >= 15 is 0 Å². The molecule has 1 aromatic carbocycles. The molecule has 132 valence electrons. The number of amides is 1. The first-order valence-electron chi connectivity index (χ1n) is 7.74. The van der Waals surface area contributed by atoms with Gasteiger partial charge in [0.2, 0.25) is 0 Å². The number of fused-ring (bicyclic) bond motifs is 1. The molecule has 3 rings (SSSR count). The van der Waals surface area contributed by atoms with Crippen LogP contribution >= 0.6 is 22.9 Å². The van der Waals surface area contributed by atoms with E-state index < -0.39 is 12.1 Å². The minimum Gasteiger partial charge on any atom is -0.334 e. The van der Waals surface area contributed by atoms with E-state index in [-0.39, 0.29) is 13.1 Å². The van der Waals surface area contributed by atoms with Gasteiger partial charge in [0.05, 0.1) is 0 Å². The van der Waals surface area contributed by atoms with Gasteiger partial charge >= 0.3 is 12.1 Å². The van der Waals surface area contributed by atoms with Crippen molar-refractivity contribution >= 4 is 41.0 Å². The molecule has 0 unspecified atom stereocenters. The van der Waals surface area contributed by atoms with Crippen LogP contribution in [0.3, 0.4) is 0 Å². The molecule has 0 atom stereocenters. The summed E-state index contributed by atoms with van der Waals surface area (Å²) in [5, 5.41) is 2.52. The molecule has 7 heteroatoms. The van der Waals surface area contributed by atoms with Crippen molar-refractivity contribution < 1.29 is 18.0 Å². The number of halogens is 4. The first kappa shape index (κ1) is 18.0. The average molecular weight is 386 g/mol. The Hall–Kier alpha value is -1.79. The maximum atomic E-state index is 12.7. The van der Waals surface area contributed by atoms with E-state index in [1.165, 1.54) is 0 Å². The molecule has 0 saturated carbocycles. The number of alkyl halides is 3. The standard InChI is InChI=1S/C18H15ClF3NOS/c19-16-6-3-12-7-9-23(17(24)18(20,21)22)10-8-14(12)15(16)5-4-13-2-1-11-25-13/h1-6,11H,7-10H2. The Kier molecular flexibility index (Phi) is 5.20. The van der Waals surface area contributed by atoms with E-state index in [1.807, 2.05) is 35.7 Å². The van der Waals surface area contributed by atoms with E-state index in [4.69, 9.17) is 11.6 Å². The predicted octanol–water partition coefficient (Wildman–Crippen LogP) is 5.06. The molecule has 0 fully saturated rings. The number of hydrogen-bond donors (Lipinski definition) is 0. The van der Waals surface area contributed by atoms with Crippen LogP contribution in [0.25, 0.3) is 12.2 Å². The smallest absolute Gasteiger partial charge is 0.334 e. The molecular formula is C18H15ClF3NOS. The van der Waals surface area contributed by atoms with Gasteiger partial charge in [-0.25, -0.2) is 0 Å². The summed E-state index contributed by atoms with van der Waals surface area (Å²) >= 11 is 7.91. The largest absolute Gasteiger partial charge is 0.471 e. The van der Waals surface area contributed by atoms with E-state index in [1.54, 1.807) is 17.4 Å². The Morgan fingerprint density at radius 3 is 2.60 bits per heavy atom. The number of hydrogen-bond acceptors (Lipinski definition) is 2. The van der Waals surface area contributed by atoms with Crippen LogP contribution in [-0.2, 0) is 17.6 Å². The fourth-order valence-electron chi connectivity index (χ4n) is 2.94. The Labute approximate surface area is 152 Å². The lowest BCUT2D eigenvalue weighted by Crippen LogP contribution is -2.42. The lowest BCUT2D eigenvalue weighted by molar-refractivity contribution is -0.185. The molecule has 0 saturated heterocycles. The summed E-state index contributed by atoms with van der Waals surface area (Å²) in [6.45, 7) is 0.0899. The second-order valence-corrected chi connectivity index (χ2v) is 7.12. The van der Waals surface area contributed by atoms with Gasteiger partial charge in [-0.3, -0.25) is 4.79 Å². The number of benzene rings is 1. The van der Waals surface area contributed by atoms with Gasteiger partial charge in [-0.05, 0) is 53.1 Å². The highest BCUT2D eigenvalue weighted by molar-refractivity contribution is 7.10. The monoisotopic (exact) mass is 385 g/mol. The summed E-state index contributed by atoms with van der Waals surface area (Å²) in [6, 6.07) is 7.51. The van der Waals surface area contributed by atoms with E-state index in [9.17, 15) is 18.0 Å². The first-order valence-corrected chi connectivity index (χ1v) is 9.00. The van der Waals surface area contributed by atoms with Crippen molar-refractivity contribution in [2.75, 3.05) is 13.1 Å². The third kappa shape index (κ3) is 4.07. The van der Waals surface area contributed by atoms with Crippen LogP contribution in [0.1, 0.15) is 21.6 Å². The third-order valence-electron chi connectivity index (χ3n) is 4.17. The fraction of sp³-hybridized carbons (Fsp3) is 0.278. The minimum absolute atomic E-state index is 0.0333. The molecule has 0 aliphatic carbocycles.